The van der Waals surface area contributed by atoms with Gasteiger partial charge in [-0.05, 0) is 25.1 Å². The Kier molecular flexibility index (Phi) is 4.43. The standard InChI is InChI=1S/C15H13FN2O3S/c1-10-13(5-6-19-10)14-17-18-15(21-14)22-8-7-20-12-4-2-3-11(16)9-12/h2-6,9H,7-8H2,1H3. The van der Waals surface area contributed by atoms with Crippen LogP contribution in [0.3, 0.4) is 0 Å². The summed E-state index contributed by atoms with van der Waals surface area (Å²) in [6.45, 7) is 2.25. The lowest BCUT2D eigenvalue weighted by Gasteiger charge is -2.04. The van der Waals surface area contributed by atoms with Crippen LogP contribution in [-0.2, 0) is 0 Å². The largest absolute Gasteiger partial charge is 0.493 e. The van der Waals surface area contributed by atoms with Crippen molar-refractivity contribution >= 4 is 11.8 Å². The summed E-state index contributed by atoms with van der Waals surface area (Å²) in [6, 6.07) is 7.82. The SMILES string of the molecule is Cc1occc1-c1nnc(SCCOc2cccc(F)c2)o1. The van der Waals surface area contributed by atoms with Gasteiger partial charge >= 0.3 is 0 Å². The summed E-state index contributed by atoms with van der Waals surface area (Å²) in [5.74, 6) is 1.96. The van der Waals surface area contributed by atoms with Gasteiger partial charge in [0.1, 0.15) is 17.3 Å². The van der Waals surface area contributed by atoms with Gasteiger partial charge in [0.05, 0.1) is 18.4 Å². The van der Waals surface area contributed by atoms with E-state index in [2.05, 4.69) is 10.2 Å². The topological polar surface area (TPSA) is 61.3 Å². The molecule has 0 atom stereocenters. The lowest BCUT2D eigenvalue weighted by molar-refractivity contribution is 0.341. The lowest BCUT2D eigenvalue weighted by atomic mass is 10.3. The second kappa shape index (κ2) is 6.65. The molecule has 0 spiro atoms. The Morgan fingerprint density at radius 1 is 1.27 bits per heavy atom. The van der Waals surface area contributed by atoms with E-state index in [9.17, 15) is 4.39 Å². The number of benzene rings is 1. The van der Waals surface area contributed by atoms with Crippen LogP contribution in [0.25, 0.3) is 11.5 Å². The molecule has 0 bridgehead atoms. The molecule has 3 aromatic rings. The molecule has 0 aliphatic heterocycles. The maximum atomic E-state index is 13.0. The molecule has 0 unspecified atom stereocenters. The molecule has 114 valence electrons. The number of nitrogens with zero attached hydrogens (tertiary/aromatic N) is 2. The maximum absolute atomic E-state index is 13.0. The predicted molar refractivity (Wildman–Crippen MR) is 79.4 cm³/mol. The van der Waals surface area contributed by atoms with Gasteiger partial charge in [-0.1, -0.05) is 17.8 Å². The minimum atomic E-state index is -0.317. The highest BCUT2D eigenvalue weighted by Gasteiger charge is 2.13. The zero-order valence-electron chi connectivity index (χ0n) is 11.8. The van der Waals surface area contributed by atoms with Crippen LogP contribution in [0.1, 0.15) is 5.76 Å². The fraction of sp³-hybridized carbons (Fsp3) is 0.200. The van der Waals surface area contributed by atoms with Gasteiger partial charge in [-0.2, -0.15) is 0 Å². The highest BCUT2D eigenvalue weighted by molar-refractivity contribution is 7.99. The average molecular weight is 320 g/mol. The van der Waals surface area contributed by atoms with Crippen molar-refractivity contribution < 1.29 is 18.0 Å². The molecule has 2 aromatic heterocycles. The molecule has 0 saturated heterocycles. The van der Waals surface area contributed by atoms with E-state index in [0.29, 0.717) is 29.2 Å². The van der Waals surface area contributed by atoms with E-state index in [0.717, 1.165) is 11.3 Å². The van der Waals surface area contributed by atoms with Crippen molar-refractivity contribution in [3.05, 3.63) is 48.2 Å². The number of aromatic nitrogens is 2. The molecule has 0 N–H and O–H groups in total. The van der Waals surface area contributed by atoms with Crippen LogP contribution in [0.15, 0.2) is 50.7 Å². The molecule has 0 radical (unpaired) electrons. The van der Waals surface area contributed by atoms with Gasteiger partial charge in [0.2, 0.25) is 0 Å². The van der Waals surface area contributed by atoms with Gasteiger partial charge in [0, 0.05) is 11.8 Å². The molecule has 0 amide bonds. The van der Waals surface area contributed by atoms with E-state index in [1.54, 1.807) is 24.5 Å². The summed E-state index contributed by atoms with van der Waals surface area (Å²) >= 11 is 1.38. The zero-order valence-corrected chi connectivity index (χ0v) is 12.6. The van der Waals surface area contributed by atoms with Crippen molar-refractivity contribution in [1.29, 1.82) is 0 Å². The van der Waals surface area contributed by atoms with Crippen molar-refractivity contribution in [3.8, 4) is 17.2 Å². The van der Waals surface area contributed by atoms with Gasteiger partial charge in [0.15, 0.2) is 0 Å². The van der Waals surface area contributed by atoms with Crippen LogP contribution in [0.4, 0.5) is 4.39 Å². The fourth-order valence-electron chi connectivity index (χ4n) is 1.83. The maximum Gasteiger partial charge on any atom is 0.276 e. The molecule has 0 aliphatic carbocycles. The molecular weight excluding hydrogens is 307 g/mol. The first-order chi connectivity index (χ1) is 10.7. The van der Waals surface area contributed by atoms with Gasteiger partial charge in [-0.3, -0.25) is 0 Å². The molecule has 3 rings (SSSR count). The van der Waals surface area contributed by atoms with Crippen molar-refractivity contribution in [3.63, 3.8) is 0 Å². The third-order valence-electron chi connectivity index (χ3n) is 2.87. The Bertz CT molecular complexity index is 757. The summed E-state index contributed by atoms with van der Waals surface area (Å²) < 4.78 is 29.2. The number of ether oxygens (including phenoxy) is 1. The van der Waals surface area contributed by atoms with Crippen molar-refractivity contribution in [2.24, 2.45) is 0 Å². The number of hydrogen-bond acceptors (Lipinski definition) is 6. The minimum Gasteiger partial charge on any atom is -0.493 e. The summed E-state index contributed by atoms with van der Waals surface area (Å²) in [6.07, 6.45) is 1.58. The Morgan fingerprint density at radius 2 is 2.18 bits per heavy atom. The van der Waals surface area contributed by atoms with Crippen LogP contribution in [0, 0.1) is 12.7 Å². The van der Waals surface area contributed by atoms with Crippen LogP contribution in [0.5, 0.6) is 5.75 Å². The number of thioether (sulfide) groups is 1. The van der Waals surface area contributed by atoms with Crippen molar-refractivity contribution in [2.45, 2.75) is 12.1 Å². The van der Waals surface area contributed by atoms with E-state index in [-0.39, 0.29) is 5.82 Å². The van der Waals surface area contributed by atoms with E-state index in [4.69, 9.17) is 13.6 Å². The highest BCUT2D eigenvalue weighted by Crippen LogP contribution is 2.26. The Hall–Kier alpha value is -2.28. The summed E-state index contributed by atoms with van der Waals surface area (Å²) in [5.41, 5.74) is 0.787. The van der Waals surface area contributed by atoms with Crippen molar-refractivity contribution in [1.82, 2.24) is 10.2 Å². The van der Waals surface area contributed by atoms with E-state index in [1.807, 2.05) is 6.92 Å². The van der Waals surface area contributed by atoms with Crippen molar-refractivity contribution in [2.75, 3.05) is 12.4 Å². The predicted octanol–water partition coefficient (Wildman–Crippen LogP) is 3.95. The van der Waals surface area contributed by atoms with Crippen LogP contribution < -0.4 is 4.74 Å². The Morgan fingerprint density at radius 3 is 2.95 bits per heavy atom. The number of furan rings is 1. The second-order valence-electron chi connectivity index (χ2n) is 4.42. The molecule has 5 nitrogen and oxygen atoms in total. The van der Waals surface area contributed by atoms with Gasteiger partial charge in [-0.15, -0.1) is 10.2 Å². The molecule has 1 aromatic carbocycles. The number of hydrogen-bond donors (Lipinski definition) is 0. The summed E-state index contributed by atoms with van der Waals surface area (Å²) in [5, 5.41) is 8.40. The average Bonchev–Trinajstić information content (AvgIpc) is 3.12. The van der Waals surface area contributed by atoms with Crippen LogP contribution >= 0.6 is 11.8 Å². The Balaban J connectivity index is 1.50. The van der Waals surface area contributed by atoms with E-state index in [1.165, 1.54) is 23.9 Å². The highest BCUT2D eigenvalue weighted by atomic mass is 32.2. The quantitative estimate of drug-likeness (QED) is 0.506. The molecule has 0 saturated carbocycles. The smallest absolute Gasteiger partial charge is 0.276 e. The number of rotatable bonds is 6. The first kappa shape index (κ1) is 14.6. The molecule has 0 aliphatic rings. The van der Waals surface area contributed by atoms with Gasteiger partial charge < -0.3 is 13.6 Å². The first-order valence-corrected chi connectivity index (χ1v) is 7.60. The van der Waals surface area contributed by atoms with E-state index >= 15 is 0 Å². The number of halogens is 1. The minimum absolute atomic E-state index is 0.317. The van der Waals surface area contributed by atoms with Crippen LogP contribution in [0.2, 0.25) is 0 Å². The van der Waals surface area contributed by atoms with Gasteiger partial charge in [-0.25, -0.2) is 4.39 Å². The molecule has 7 heteroatoms. The van der Waals surface area contributed by atoms with E-state index < -0.39 is 0 Å². The molecular formula is C15H13FN2O3S. The first-order valence-electron chi connectivity index (χ1n) is 6.61. The molecule has 0 fully saturated rings. The third-order valence-corrected chi connectivity index (χ3v) is 3.65. The summed E-state index contributed by atoms with van der Waals surface area (Å²) in [4.78, 5) is 0. The molecule has 22 heavy (non-hydrogen) atoms. The molecule has 2 heterocycles. The monoisotopic (exact) mass is 320 g/mol. The second-order valence-corrected chi connectivity index (χ2v) is 5.46. The zero-order chi connectivity index (χ0) is 15.4. The Labute approximate surface area is 130 Å². The summed E-state index contributed by atoms with van der Waals surface area (Å²) in [7, 11) is 0. The number of aryl methyl sites for hydroxylation is 1. The normalized spacial score (nSPS) is 10.8. The van der Waals surface area contributed by atoms with Gasteiger partial charge in [0.25, 0.3) is 11.1 Å². The lowest BCUT2D eigenvalue weighted by Crippen LogP contribution is -2.00. The fourth-order valence-corrected chi connectivity index (χ4v) is 2.41. The van der Waals surface area contributed by atoms with Crippen LogP contribution in [-0.4, -0.2) is 22.6 Å². The third kappa shape index (κ3) is 3.48.